The van der Waals surface area contributed by atoms with Crippen LogP contribution in [0.2, 0.25) is 0 Å². The Labute approximate surface area is 95.3 Å². The molecule has 3 N–H and O–H groups in total. The molecule has 1 heterocycles. The molecule has 2 rings (SSSR count). The van der Waals surface area contributed by atoms with Gasteiger partial charge in [-0.2, -0.15) is 0 Å². The van der Waals surface area contributed by atoms with E-state index in [9.17, 15) is 0 Å². The van der Waals surface area contributed by atoms with E-state index in [2.05, 4.69) is 16.4 Å². The Bertz CT molecular complexity index is 400. The molecule has 0 unspecified atom stereocenters. The van der Waals surface area contributed by atoms with Crippen molar-refractivity contribution < 1.29 is 0 Å². The predicted molar refractivity (Wildman–Crippen MR) is 67.2 cm³/mol. The van der Waals surface area contributed by atoms with Gasteiger partial charge in [0.1, 0.15) is 0 Å². The third-order valence-electron chi connectivity index (χ3n) is 2.38. The molecule has 0 saturated carbocycles. The van der Waals surface area contributed by atoms with Crippen molar-refractivity contribution in [2.24, 2.45) is 0 Å². The number of aryl methyl sites for hydroxylation is 1. The van der Waals surface area contributed by atoms with Crippen molar-refractivity contribution in [3.8, 4) is 0 Å². The number of anilines is 2. The van der Waals surface area contributed by atoms with Crippen LogP contribution in [0, 0.1) is 6.92 Å². The number of nitrogens with zero attached hydrogens (tertiary/aromatic N) is 1. The highest BCUT2D eigenvalue weighted by atomic mass is 14.9. The molecule has 0 saturated heterocycles. The Hall–Kier alpha value is -2.03. The Morgan fingerprint density at radius 2 is 1.88 bits per heavy atom. The van der Waals surface area contributed by atoms with Gasteiger partial charge in [-0.3, -0.25) is 4.98 Å². The smallest absolute Gasteiger partial charge is 0.0416 e. The SMILES string of the molecule is Cc1ccc(CNc2ccc(N)cc2)cn1. The first kappa shape index (κ1) is 10.5. The van der Waals surface area contributed by atoms with Gasteiger partial charge in [0.05, 0.1) is 0 Å². The van der Waals surface area contributed by atoms with Gasteiger partial charge in [-0.1, -0.05) is 6.07 Å². The van der Waals surface area contributed by atoms with Crippen molar-refractivity contribution in [1.82, 2.24) is 4.98 Å². The Kier molecular flexibility index (Phi) is 3.05. The van der Waals surface area contributed by atoms with Gasteiger partial charge in [-0.05, 0) is 42.8 Å². The minimum absolute atomic E-state index is 0.775. The number of hydrogen-bond acceptors (Lipinski definition) is 3. The van der Waals surface area contributed by atoms with Gasteiger partial charge < -0.3 is 11.1 Å². The van der Waals surface area contributed by atoms with Crippen molar-refractivity contribution in [1.29, 1.82) is 0 Å². The molecule has 1 aromatic heterocycles. The van der Waals surface area contributed by atoms with Crippen molar-refractivity contribution in [2.75, 3.05) is 11.1 Å². The number of rotatable bonds is 3. The molecule has 0 fully saturated rings. The molecular weight excluding hydrogens is 198 g/mol. The van der Waals surface area contributed by atoms with Crippen molar-refractivity contribution in [2.45, 2.75) is 13.5 Å². The zero-order chi connectivity index (χ0) is 11.4. The molecule has 82 valence electrons. The zero-order valence-electron chi connectivity index (χ0n) is 9.27. The molecular formula is C13H15N3. The number of benzene rings is 1. The molecule has 0 bridgehead atoms. The van der Waals surface area contributed by atoms with E-state index in [4.69, 9.17) is 5.73 Å². The van der Waals surface area contributed by atoms with Gasteiger partial charge in [-0.25, -0.2) is 0 Å². The second-order valence-electron chi connectivity index (χ2n) is 3.78. The molecule has 0 amide bonds. The van der Waals surface area contributed by atoms with E-state index in [-0.39, 0.29) is 0 Å². The van der Waals surface area contributed by atoms with E-state index in [1.165, 1.54) is 5.56 Å². The number of nitrogen functional groups attached to an aromatic ring is 1. The van der Waals surface area contributed by atoms with Crippen LogP contribution in [0.25, 0.3) is 0 Å². The second kappa shape index (κ2) is 4.66. The highest BCUT2D eigenvalue weighted by molar-refractivity contribution is 5.51. The van der Waals surface area contributed by atoms with E-state index in [1.807, 2.05) is 43.5 Å². The van der Waals surface area contributed by atoms with Gasteiger partial charge in [0.2, 0.25) is 0 Å². The monoisotopic (exact) mass is 213 g/mol. The highest BCUT2D eigenvalue weighted by Crippen LogP contribution is 2.11. The summed E-state index contributed by atoms with van der Waals surface area (Å²) in [4.78, 5) is 4.25. The maximum Gasteiger partial charge on any atom is 0.0416 e. The topological polar surface area (TPSA) is 50.9 Å². The number of nitrogens with one attached hydrogen (secondary N) is 1. The Morgan fingerprint density at radius 3 is 2.50 bits per heavy atom. The van der Waals surface area contributed by atoms with Crippen LogP contribution in [0.1, 0.15) is 11.3 Å². The van der Waals surface area contributed by atoms with Crippen LogP contribution in [0.15, 0.2) is 42.6 Å². The van der Waals surface area contributed by atoms with Gasteiger partial charge in [0.15, 0.2) is 0 Å². The third-order valence-corrected chi connectivity index (χ3v) is 2.38. The normalized spacial score (nSPS) is 10.1. The Morgan fingerprint density at radius 1 is 1.12 bits per heavy atom. The van der Waals surface area contributed by atoms with E-state index >= 15 is 0 Å². The number of aromatic nitrogens is 1. The first-order valence-electron chi connectivity index (χ1n) is 5.25. The van der Waals surface area contributed by atoms with Gasteiger partial charge in [0, 0.05) is 29.8 Å². The van der Waals surface area contributed by atoms with Crippen LogP contribution in [-0.4, -0.2) is 4.98 Å². The summed E-state index contributed by atoms with van der Waals surface area (Å²) in [6.07, 6.45) is 1.89. The average molecular weight is 213 g/mol. The maximum atomic E-state index is 5.61. The quantitative estimate of drug-likeness (QED) is 0.770. The molecule has 0 radical (unpaired) electrons. The van der Waals surface area contributed by atoms with Crippen molar-refractivity contribution >= 4 is 11.4 Å². The van der Waals surface area contributed by atoms with Crippen molar-refractivity contribution in [3.63, 3.8) is 0 Å². The largest absolute Gasteiger partial charge is 0.399 e. The molecule has 0 aliphatic heterocycles. The minimum atomic E-state index is 0.775. The summed E-state index contributed by atoms with van der Waals surface area (Å²) in [5.41, 5.74) is 9.66. The van der Waals surface area contributed by atoms with Gasteiger partial charge in [-0.15, -0.1) is 0 Å². The highest BCUT2D eigenvalue weighted by Gasteiger charge is 1.94. The first-order chi connectivity index (χ1) is 7.74. The second-order valence-corrected chi connectivity index (χ2v) is 3.78. The van der Waals surface area contributed by atoms with Gasteiger partial charge >= 0.3 is 0 Å². The van der Waals surface area contributed by atoms with E-state index < -0.39 is 0 Å². The lowest BCUT2D eigenvalue weighted by atomic mass is 10.2. The molecule has 3 heteroatoms. The number of nitrogens with two attached hydrogens (primary N) is 1. The maximum absolute atomic E-state index is 5.61. The molecule has 2 aromatic rings. The lowest BCUT2D eigenvalue weighted by Crippen LogP contribution is -2.00. The molecule has 0 aliphatic rings. The fraction of sp³-hybridized carbons (Fsp3) is 0.154. The van der Waals surface area contributed by atoms with E-state index in [1.54, 1.807) is 0 Å². The standard InChI is InChI=1S/C13H15N3/c1-10-2-3-11(8-15-10)9-16-13-6-4-12(14)5-7-13/h2-8,16H,9,14H2,1H3. The fourth-order valence-corrected chi connectivity index (χ4v) is 1.41. The summed E-state index contributed by atoms with van der Waals surface area (Å²) in [5.74, 6) is 0. The van der Waals surface area contributed by atoms with Crippen LogP contribution < -0.4 is 11.1 Å². The zero-order valence-corrected chi connectivity index (χ0v) is 9.27. The molecule has 3 nitrogen and oxygen atoms in total. The minimum Gasteiger partial charge on any atom is -0.399 e. The summed E-state index contributed by atoms with van der Waals surface area (Å²) in [6, 6.07) is 11.8. The summed E-state index contributed by atoms with van der Waals surface area (Å²) in [6.45, 7) is 2.76. The van der Waals surface area contributed by atoms with Crippen molar-refractivity contribution in [3.05, 3.63) is 53.9 Å². The third kappa shape index (κ3) is 2.73. The summed E-state index contributed by atoms with van der Waals surface area (Å²) in [5, 5.41) is 3.31. The van der Waals surface area contributed by atoms with E-state index in [0.717, 1.165) is 23.6 Å². The lowest BCUT2D eigenvalue weighted by molar-refractivity contribution is 1.09. The molecule has 0 aliphatic carbocycles. The fourth-order valence-electron chi connectivity index (χ4n) is 1.41. The van der Waals surface area contributed by atoms with Crippen LogP contribution in [0.3, 0.4) is 0 Å². The molecule has 0 spiro atoms. The summed E-state index contributed by atoms with van der Waals surface area (Å²) in [7, 11) is 0. The summed E-state index contributed by atoms with van der Waals surface area (Å²) >= 11 is 0. The lowest BCUT2D eigenvalue weighted by Gasteiger charge is -2.06. The van der Waals surface area contributed by atoms with Crippen LogP contribution >= 0.6 is 0 Å². The molecule has 1 aromatic carbocycles. The number of pyridine rings is 1. The van der Waals surface area contributed by atoms with Crippen LogP contribution in [0.5, 0.6) is 0 Å². The number of hydrogen-bond donors (Lipinski definition) is 2. The first-order valence-corrected chi connectivity index (χ1v) is 5.25. The predicted octanol–water partition coefficient (Wildman–Crippen LogP) is 2.58. The van der Waals surface area contributed by atoms with E-state index in [0.29, 0.717) is 0 Å². The molecule has 0 atom stereocenters. The average Bonchev–Trinajstić information content (AvgIpc) is 2.30. The summed E-state index contributed by atoms with van der Waals surface area (Å²) < 4.78 is 0. The van der Waals surface area contributed by atoms with Crippen LogP contribution in [-0.2, 0) is 6.54 Å². The molecule has 16 heavy (non-hydrogen) atoms. The van der Waals surface area contributed by atoms with Gasteiger partial charge in [0.25, 0.3) is 0 Å². The van der Waals surface area contributed by atoms with Crippen LogP contribution in [0.4, 0.5) is 11.4 Å². The Balaban J connectivity index is 1.97.